The first-order chi connectivity index (χ1) is 13.6. The van der Waals surface area contributed by atoms with Crippen LogP contribution in [0.1, 0.15) is 11.1 Å². The Kier molecular flexibility index (Phi) is 3.66. The molecule has 2 aromatic heterocycles. The second-order valence-corrected chi connectivity index (χ2v) is 7.11. The molecule has 0 aliphatic carbocycles. The standard InChI is InChI=1S/C24H18N2O2/c1-14-7-10-16(11-8-14)25-22-17-5-3-4-6-19(17)26-23-18-13-15(2)9-12-20(18)28-24(27)21(22)23/h3-13H,1-2H3,(H,25,26). The molecule has 0 aliphatic heterocycles. The highest BCUT2D eigenvalue weighted by Gasteiger charge is 2.17. The normalized spacial score (nSPS) is 11.4. The number of fused-ring (bicyclic) bond motifs is 4. The number of benzene rings is 3. The van der Waals surface area contributed by atoms with Crippen LogP contribution in [0.3, 0.4) is 0 Å². The second-order valence-electron chi connectivity index (χ2n) is 7.11. The molecule has 0 fully saturated rings. The molecule has 136 valence electrons. The number of anilines is 2. The molecular weight excluding hydrogens is 348 g/mol. The SMILES string of the molecule is Cc1ccc(Nc2c3ccccc3nc3c2c(=O)oc2ccc(C)cc23)cc1. The maximum absolute atomic E-state index is 12.9. The molecule has 0 spiro atoms. The molecule has 1 N–H and O–H groups in total. The molecule has 0 atom stereocenters. The quantitative estimate of drug-likeness (QED) is 0.242. The first-order valence-electron chi connectivity index (χ1n) is 9.20. The Labute approximate surface area is 161 Å². The summed E-state index contributed by atoms with van der Waals surface area (Å²) < 4.78 is 5.64. The first-order valence-corrected chi connectivity index (χ1v) is 9.20. The van der Waals surface area contributed by atoms with Gasteiger partial charge in [0.25, 0.3) is 0 Å². The van der Waals surface area contributed by atoms with Crippen LogP contribution in [0.5, 0.6) is 0 Å². The maximum Gasteiger partial charge on any atom is 0.347 e. The van der Waals surface area contributed by atoms with Crippen molar-refractivity contribution in [2.45, 2.75) is 13.8 Å². The molecule has 4 nitrogen and oxygen atoms in total. The molecule has 0 saturated carbocycles. The first kappa shape index (κ1) is 16.5. The van der Waals surface area contributed by atoms with Gasteiger partial charge in [0.05, 0.1) is 16.7 Å². The average Bonchev–Trinajstić information content (AvgIpc) is 2.70. The largest absolute Gasteiger partial charge is 0.422 e. The zero-order chi connectivity index (χ0) is 19.3. The lowest BCUT2D eigenvalue weighted by Gasteiger charge is -2.14. The van der Waals surface area contributed by atoms with Crippen molar-refractivity contribution >= 4 is 44.1 Å². The van der Waals surface area contributed by atoms with Gasteiger partial charge in [-0.3, -0.25) is 0 Å². The summed E-state index contributed by atoms with van der Waals surface area (Å²) in [5, 5.41) is 5.63. The van der Waals surface area contributed by atoms with Gasteiger partial charge in [-0.15, -0.1) is 0 Å². The third kappa shape index (κ3) is 2.62. The van der Waals surface area contributed by atoms with Crippen molar-refractivity contribution in [1.29, 1.82) is 0 Å². The van der Waals surface area contributed by atoms with Gasteiger partial charge in [0, 0.05) is 16.5 Å². The van der Waals surface area contributed by atoms with Crippen molar-refractivity contribution in [3.63, 3.8) is 0 Å². The minimum atomic E-state index is -0.390. The summed E-state index contributed by atoms with van der Waals surface area (Å²) in [6, 6.07) is 21.7. The van der Waals surface area contributed by atoms with Gasteiger partial charge in [-0.1, -0.05) is 47.5 Å². The average molecular weight is 366 g/mol. The third-order valence-electron chi connectivity index (χ3n) is 5.01. The minimum absolute atomic E-state index is 0.390. The van der Waals surface area contributed by atoms with E-state index in [1.165, 1.54) is 5.56 Å². The zero-order valence-electron chi connectivity index (χ0n) is 15.6. The topological polar surface area (TPSA) is 55.1 Å². The molecule has 0 radical (unpaired) electrons. The number of nitrogens with zero attached hydrogens (tertiary/aromatic N) is 1. The summed E-state index contributed by atoms with van der Waals surface area (Å²) in [5.74, 6) is 0. The van der Waals surface area contributed by atoms with Gasteiger partial charge < -0.3 is 9.73 Å². The summed E-state index contributed by atoms with van der Waals surface area (Å²) in [7, 11) is 0. The lowest BCUT2D eigenvalue weighted by Crippen LogP contribution is -2.06. The van der Waals surface area contributed by atoms with Crippen LogP contribution in [0.2, 0.25) is 0 Å². The molecule has 5 aromatic rings. The Morgan fingerprint density at radius 3 is 2.43 bits per heavy atom. The van der Waals surface area contributed by atoms with E-state index in [0.29, 0.717) is 16.5 Å². The van der Waals surface area contributed by atoms with Gasteiger partial charge in [0.15, 0.2) is 0 Å². The van der Waals surface area contributed by atoms with Crippen molar-refractivity contribution in [3.8, 4) is 0 Å². The van der Waals surface area contributed by atoms with Gasteiger partial charge >= 0.3 is 5.63 Å². The number of aryl methyl sites for hydroxylation is 2. The molecule has 0 saturated heterocycles. The monoisotopic (exact) mass is 366 g/mol. The van der Waals surface area contributed by atoms with E-state index in [4.69, 9.17) is 9.40 Å². The molecule has 3 aromatic carbocycles. The summed E-state index contributed by atoms with van der Waals surface area (Å²) in [4.78, 5) is 17.8. The van der Waals surface area contributed by atoms with Crippen LogP contribution < -0.4 is 10.9 Å². The highest BCUT2D eigenvalue weighted by molar-refractivity contribution is 6.14. The van der Waals surface area contributed by atoms with E-state index in [1.54, 1.807) is 0 Å². The summed E-state index contributed by atoms with van der Waals surface area (Å²) >= 11 is 0. The summed E-state index contributed by atoms with van der Waals surface area (Å²) in [6.07, 6.45) is 0. The number of aromatic nitrogens is 1. The fourth-order valence-corrected chi connectivity index (χ4v) is 3.59. The molecule has 0 amide bonds. The smallest absolute Gasteiger partial charge is 0.347 e. The van der Waals surface area contributed by atoms with Crippen molar-refractivity contribution < 1.29 is 4.42 Å². The van der Waals surface area contributed by atoms with Gasteiger partial charge in [-0.05, 0) is 44.2 Å². The summed E-state index contributed by atoms with van der Waals surface area (Å²) in [5.41, 5.74) is 5.54. The summed E-state index contributed by atoms with van der Waals surface area (Å²) in [6.45, 7) is 4.06. The number of rotatable bonds is 2. The Hall–Kier alpha value is -3.66. The van der Waals surface area contributed by atoms with Crippen molar-refractivity contribution in [2.24, 2.45) is 0 Å². The predicted molar refractivity (Wildman–Crippen MR) is 114 cm³/mol. The molecule has 0 unspecified atom stereocenters. The Morgan fingerprint density at radius 2 is 1.61 bits per heavy atom. The maximum atomic E-state index is 12.9. The van der Waals surface area contributed by atoms with Gasteiger partial charge in [-0.2, -0.15) is 0 Å². The van der Waals surface area contributed by atoms with E-state index in [2.05, 4.69) is 5.32 Å². The van der Waals surface area contributed by atoms with Crippen LogP contribution in [-0.4, -0.2) is 4.98 Å². The van der Waals surface area contributed by atoms with E-state index in [9.17, 15) is 4.79 Å². The lowest BCUT2D eigenvalue weighted by atomic mass is 10.1. The zero-order valence-corrected chi connectivity index (χ0v) is 15.6. The van der Waals surface area contributed by atoms with E-state index in [1.807, 2.05) is 80.6 Å². The number of para-hydroxylation sites is 1. The minimum Gasteiger partial charge on any atom is -0.422 e. The van der Waals surface area contributed by atoms with Crippen molar-refractivity contribution in [3.05, 3.63) is 88.3 Å². The molecular formula is C24H18N2O2. The Morgan fingerprint density at radius 1 is 0.857 bits per heavy atom. The molecule has 28 heavy (non-hydrogen) atoms. The van der Waals surface area contributed by atoms with E-state index in [-0.39, 0.29) is 5.63 Å². The third-order valence-corrected chi connectivity index (χ3v) is 5.01. The molecule has 5 rings (SSSR count). The highest BCUT2D eigenvalue weighted by atomic mass is 16.4. The highest BCUT2D eigenvalue weighted by Crippen LogP contribution is 2.34. The number of hydrogen-bond acceptors (Lipinski definition) is 4. The van der Waals surface area contributed by atoms with E-state index < -0.39 is 0 Å². The van der Waals surface area contributed by atoms with E-state index in [0.717, 1.165) is 33.2 Å². The fourth-order valence-electron chi connectivity index (χ4n) is 3.59. The molecule has 2 heterocycles. The molecule has 0 aliphatic rings. The number of hydrogen-bond donors (Lipinski definition) is 1. The lowest BCUT2D eigenvalue weighted by molar-refractivity contribution is 0.569. The van der Waals surface area contributed by atoms with Crippen LogP contribution in [0.4, 0.5) is 11.4 Å². The van der Waals surface area contributed by atoms with Crippen LogP contribution in [-0.2, 0) is 0 Å². The van der Waals surface area contributed by atoms with Crippen LogP contribution >= 0.6 is 0 Å². The van der Waals surface area contributed by atoms with Gasteiger partial charge in [0.1, 0.15) is 11.0 Å². The fraction of sp³-hybridized carbons (Fsp3) is 0.0833. The Bertz CT molecular complexity index is 1420. The number of nitrogens with one attached hydrogen (secondary N) is 1. The van der Waals surface area contributed by atoms with Gasteiger partial charge in [-0.25, -0.2) is 9.78 Å². The van der Waals surface area contributed by atoms with Crippen LogP contribution in [0.25, 0.3) is 32.8 Å². The van der Waals surface area contributed by atoms with Crippen molar-refractivity contribution in [2.75, 3.05) is 5.32 Å². The Balaban J connectivity index is 1.92. The second kappa shape index (κ2) is 6.20. The molecule has 4 heteroatoms. The number of pyridine rings is 1. The van der Waals surface area contributed by atoms with Crippen LogP contribution in [0, 0.1) is 13.8 Å². The van der Waals surface area contributed by atoms with Crippen LogP contribution in [0.15, 0.2) is 75.9 Å². The van der Waals surface area contributed by atoms with E-state index >= 15 is 0 Å². The van der Waals surface area contributed by atoms with Crippen molar-refractivity contribution in [1.82, 2.24) is 4.98 Å². The van der Waals surface area contributed by atoms with Gasteiger partial charge in [0.2, 0.25) is 0 Å². The molecule has 0 bridgehead atoms. The predicted octanol–water partition coefficient (Wildman–Crippen LogP) is 5.85.